The Morgan fingerprint density at radius 1 is 1.14 bits per heavy atom. The van der Waals surface area contributed by atoms with Gasteiger partial charge in [0.05, 0.1) is 0 Å². The van der Waals surface area contributed by atoms with Crippen LogP contribution in [0.1, 0.15) is 49.9 Å². The predicted octanol–water partition coefficient (Wildman–Crippen LogP) is 3.81. The number of aromatic nitrogens is 3. The summed E-state index contributed by atoms with van der Waals surface area (Å²) in [5, 5.41) is 3.71. The summed E-state index contributed by atoms with van der Waals surface area (Å²) in [4.78, 5) is 8.71. The van der Waals surface area contributed by atoms with Crippen LogP contribution in [-0.2, 0) is 6.54 Å². The highest BCUT2D eigenvalue weighted by Gasteiger charge is 2.11. The molecule has 0 amide bonds. The quantitative estimate of drug-likeness (QED) is 0.871. The molecule has 0 bridgehead atoms. The molecule has 1 saturated carbocycles. The van der Waals surface area contributed by atoms with Gasteiger partial charge in [-0.15, -0.1) is 12.4 Å². The van der Waals surface area contributed by atoms with Crippen molar-refractivity contribution in [1.29, 1.82) is 0 Å². The molecule has 22 heavy (non-hydrogen) atoms. The number of nitrogens with one attached hydrogen (secondary N) is 1. The van der Waals surface area contributed by atoms with Crippen molar-refractivity contribution in [1.82, 2.24) is 19.9 Å². The summed E-state index contributed by atoms with van der Waals surface area (Å²) < 4.78 is 2.02. The number of aryl methyl sites for hydroxylation is 1. The van der Waals surface area contributed by atoms with Gasteiger partial charge in [0, 0.05) is 31.2 Å². The molecule has 0 saturated heterocycles. The average molecular weight is 321 g/mol. The normalized spacial score (nSPS) is 16.0. The highest BCUT2D eigenvalue weighted by Crippen LogP contribution is 2.18. The molecular weight excluding hydrogens is 296 g/mol. The molecular formula is C17H25ClN4. The molecule has 0 spiro atoms. The molecule has 1 aliphatic rings. The maximum Gasteiger partial charge on any atom is 0.138 e. The highest BCUT2D eigenvalue weighted by molar-refractivity contribution is 5.85. The average Bonchev–Trinajstić information content (AvgIpc) is 2.77. The van der Waals surface area contributed by atoms with E-state index in [2.05, 4.69) is 27.4 Å². The lowest BCUT2D eigenvalue weighted by Gasteiger charge is -2.16. The van der Waals surface area contributed by atoms with Crippen LogP contribution in [0.3, 0.4) is 0 Å². The number of halogens is 1. The molecule has 0 atom stereocenters. The van der Waals surface area contributed by atoms with Crippen LogP contribution >= 0.6 is 12.4 Å². The predicted molar refractivity (Wildman–Crippen MR) is 91.7 cm³/mol. The van der Waals surface area contributed by atoms with Gasteiger partial charge in [0.25, 0.3) is 0 Å². The topological polar surface area (TPSA) is 42.7 Å². The zero-order valence-corrected chi connectivity index (χ0v) is 14.0. The third kappa shape index (κ3) is 4.31. The molecule has 1 N–H and O–H groups in total. The van der Waals surface area contributed by atoms with Crippen LogP contribution in [-0.4, -0.2) is 20.6 Å². The molecule has 1 aliphatic carbocycles. The maximum atomic E-state index is 4.45. The minimum Gasteiger partial charge on any atom is -0.310 e. The van der Waals surface area contributed by atoms with E-state index in [1.165, 1.54) is 44.1 Å². The highest BCUT2D eigenvalue weighted by atomic mass is 35.5. The lowest BCUT2D eigenvalue weighted by atomic mass is 10.1. The maximum absolute atomic E-state index is 4.45. The first kappa shape index (κ1) is 17.0. The van der Waals surface area contributed by atoms with E-state index in [4.69, 9.17) is 0 Å². The molecule has 4 nitrogen and oxygen atoms in total. The molecule has 0 radical (unpaired) electrons. The smallest absolute Gasteiger partial charge is 0.138 e. The zero-order chi connectivity index (χ0) is 14.5. The van der Waals surface area contributed by atoms with Gasteiger partial charge in [0.15, 0.2) is 0 Å². The molecule has 3 rings (SSSR count). The third-order valence-electron chi connectivity index (χ3n) is 4.33. The van der Waals surface area contributed by atoms with Crippen molar-refractivity contribution in [2.24, 2.45) is 0 Å². The van der Waals surface area contributed by atoms with Gasteiger partial charge < -0.3 is 5.32 Å². The van der Waals surface area contributed by atoms with Gasteiger partial charge in [-0.1, -0.05) is 25.7 Å². The largest absolute Gasteiger partial charge is 0.310 e. The monoisotopic (exact) mass is 320 g/mol. The molecule has 120 valence electrons. The molecule has 0 aromatic carbocycles. The van der Waals surface area contributed by atoms with Gasteiger partial charge in [-0.25, -0.2) is 9.97 Å². The fourth-order valence-corrected chi connectivity index (χ4v) is 3.07. The number of rotatable bonds is 4. The molecule has 5 heteroatoms. The Labute approximate surface area is 138 Å². The number of hydrogen-bond donors (Lipinski definition) is 1. The first-order chi connectivity index (χ1) is 10.3. The van der Waals surface area contributed by atoms with Crippen molar-refractivity contribution < 1.29 is 0 Å². The minimum absolute atomic E-state index is 0. The van der Waals surface area contributed by atoms with Crippen LogP contribution < -0.4 is 5.32 Å². The number of hydrogen-bond acceptors (Lipinski definition) is 3. The summed E-state index contributed by atoms with van der Waals surface area (Å²) in [6.07, 6.45) is 13.8. The second-order valence-electron chi connectivity index (χ2n) is 5.94. The molecule has 2 aromatic heterocycles. The summed E-state index contributed by atoms with van der Waals surface area (Å²) in [5.41, 5.74) is 1.29. The van der Waals surface area contributed by atoms with Gasteiger partial charge in [-0.3, -0.25) is 4.57 Å². The van der Waals surface area contributed by atoms with Gasteiger partial charge >= 0.3 is 0 Å². The number of pyridine rings is 1. The van der Waals surface area contributed by atoms with Crippen LogP contribution in [0, 0.1) is 6.92 Å². The van der Waals surface area contributed by atoms with E-state index >= 15 is 0 Å². The SMILES string of the molecule is Cc1nccn1-c1cc(CNC2CCCCCC2)ccn1.Cl. The van der Waals surface area contributed by atoms with Crippen LogP contribution in [0.15, 0.2) is 30.7 Å². The van der Waals surface area contributed by atoms with E-state index in [0.29, 0.717) is 6.04 Å². The Hall–Kier alpha value is -1.39. The van der Waals surface area contributed by atoms with Crippen LogP contribution in [0.25, 0.3) is 5.82 Å². The van der Waals surface area contributed by atoms with Crippen LogP contribution in [0.4, 0.5) is 0 Å². The Balaban J connectivity index is 0.00000176. The Kier molecular flexibility index (Phi) is 6.40. The van der Waals surface area contributed by atoms with Crippen molar-refractivity contribution in [3.05, 3.63) is 42.1 Å². The third-order valence-corrected chi connectivity index (χ3v) is 4.33. The van der Waals surface area contributed by atoms with Crippen molar-refractivity contribution in [3.8, 4) is 5.82 Å². The van der Waals surface area contributed by atoms with E-state index in [1.54, 1.807) is 0 Å². The Bertz CT molecular complexity index is 574. The lowest BCUT2D eigenvalue weighted by Crippen LogP contribution is -2.27. The first-order valence-electron chi connectivity index (χ1n) is 8.01. The van der Waals surface area contributed by atoms with Gasteiger partial charge in [-0.2, -0.15) is 0 Å². The summed E-state index contributed by atoms with van der Waals surface area (Å²) in [6.45, 7) is 2.92. The van der Waals surface area contributed by atoms with E-state index in [1.807, 2.05) is 30.1 Å². The van der Waals surface area contributed by atoms with E-state index in [-0.39, 0.29) is 12.4 Å². The van der Waals surface area contributed by atoms with E-state index in [0.717, 1.165) is 18.2 Å². The van der Waals surface area contributed by atoms with E-state index in [9.17, 15) is 0 Å². The summed E-state index contributed by atoms with van der Waals surface area (Å²) in [6, 6.07) is 4.93. The van der Waals surface area contributed by atoms with Crippen LogP contribution in [0.2, 0.25) is 0 Å². The fraction of sp³-hybridized carbons (Fsp3) is 0.529. The minimum atomic E-state index is 0. The fourth-order valence-electron chi connectivity index (χ4n) is 3.07. The van der Waals surface area contributed by atoms with Crippen LogP contribution in [0.5, 0.6) is 0 Å². The van der Waals surface area contributed by atoms with Gasteiger partial charge in [0.2, 0.25) is 0 Å². The standard InChI is InChI=1S/C17H24N4.ClH/c1-14-18-10-11-21(14)17-12-15(8-9-19-17)13-20-16-6-4-2-3-5-7-16;/h8-12,16,20H,2-7,13H2,1H3;1H. The second-order valence-corrected chi connectivity index (χ2v) is 5.94. The Morgan fingerprint density at radius 2 is 1.91 bits per heavy atom. The molecule has 1 fully saturated rings. The zero-order valence-electron chi connectivity index (χ0n) is 13.2. The lowest BCUT2D eigenvalue weighted by molar-refractivity contribution is 0.459. The second kappa shape index (κ2) is 8.30. The molecule has 2 aromatic rings. The van der Waals surface area contributed by atoms with Gasteiger partial charge in [0.1, 0.15) is 11.6 Å². The molecule has 2 heterocycles. The Morgan fingerprint density at radius 3 is 2.59 bits per heavy atom. The van der Waals surface area contributed by atoms with Gasteiger partial charge in [-0.05, 0) is 37.5 Å². The first-order valence-corrected chi connectivity index (χ1v) is 8.01. The van der Waals surface area contributed by atoms with Crippen molar-refractivity contribution in [2.45, 2.75) is 58.0 Å². The van der Waals surface area contributed by atoms with Crippen molar-refractivity contribution >= 4 is 12.4 Å². The number of imidazole rings is 1. The summed E-state index contributed by atoms with van der Waals surface area (Å²) in [7, 11) is 0. The van der Waals surface area contributed by atoms with E-state index < -0.39 is 0 Å². The van der Waals surface area contributed by atoms with Crippen molar-refractivity contribution in [3.63, 3.8) is 0 Å². The summed E-state index contributed by atoms with van der Waals surface area (Å²) in [5.74, 6) is 1.92. The molecule has 0 aliphatic heterocycles. The number of nitrogens with zero attached hydrogens (tertiary/aromatic N) is 3. The summed E-state index contributed by atoms with van der Waals surface area (Å²) >= 11 is 0. The van der Waals surface area contributed by atoms with Crippen molar-refractivity contribution in [2.75, 3.05) is 0 Å². The molecule has 0 unspecified atom stereocenters.